The Morgan fingerprint density at radius 2 is 2.04 bits per heavy atom. The number of aromatic hydroxyl groups is 1. The first-order chi connectivity index (χ1) is 11.5. The van der Waals surface area contributed by atoms with Gasteiger partial charge in [-0.05, 0) is 54.0 Å². The molecular weight excluding hydrogens is 316 g/mol. The molecule has 122 valence electrons. The number of pyridine rings is 1. The Balaban J connectivity index is 1.68. The molecule has 0 saturated heterocycles. The van der Waals surface area contributed by atoms with E-state index in [9.17, 15) is 5.11 Å². The van der Waals surface area contributed by atoms with E-state index in [2.05, 4.69) is 31.0 Å². The van der Waals surface area contributed by atoms with Gasteiger partial charge >= 0.3 is 0 Å². The van der Waals surface area contributed by atoms with Crippen molar-refractivity contribution in [3.63, 3.8) is 0 Å². The summed E-state index contributed by atoms with van der Waals surface area (Å²) in [5.74, 6) is 0.275. The molecule has 0 amide bonds. The molecular formula is C20H20N2OS. The van der Waals surface area contributed by atoms with Gasteiger partial charge in [-0.3, -0.25) is 4.98 Å². The topological polar surface area (TPSA) is 46.0 Å². The number of aryl methyl sites for hydroxylation is 1. The van der Waals surface area contributed by atoms with Crippen LogP contribution in [-0.2, 0) is 12.8 Å². The maximum absolute atomic E-state index is 9.65. The Morgan fingerprint density at radius 1 is 1.17 bits per heavy atom. The van der Waals surface area contributed by atoms with Gasteiger partial charge in [0.2, 0.25) is 0 Å². The lowest BCUT2D eigenvalue weighted by atomic mass is 9.76. The highest BCUT2D eigenvalue weighted by Gasteiger charge is 2.26. The van der Waals surface area contributed by atoms with Crippen molar-refractivity contribution >= 4 is 11.3 Å². The summed E-state index contributed by atoms with van der Waals surface area (Å²) >= 11 is 1.61. The predicted molar refractivity (Wildman–Crippen MR) is 98.3 cm³/mol. The van der Waals surface area contributed by atoms with Crippen molar-refractivity contribution in [3.8, 4) is 26.9 Å². The number of benzene rings is 1. The fraction of sp³-hybridized carbons (Fsp3) is 0.300. The second-order valence-corrected chi connectivity index (χ2v) is 8.25. The molecule has 24 heavy (non-hydrogen) atoms. The summed E-state index contributed by atoms with van der Waals surface area (Å²) in [7, 11) is 0. The third-order valence-corrected chi connectivity index (χ3v) is 5.71. The molecule has 2 aromatic heterocycles. The zero-order valence-electron chi connectivity index (χ0n) is 13.9. The molecule has 0 atom stereocenters. The lowest BCUT2D eigenvalue weighted by Crippen LogP contribution is -2.23. The van der Waals surface area contributed by atoms with Crippen LogP contribution < -0.4 is 0 Å². The summed E-state index contributed by atoms with van der Waals surface area (Å²) in [5, 5.41) is 10.6. The van der Waals surface area contributed by atoms with Crippen molar-refractivity contribution in [2.24, 2.45) is 5.41 Å². The second kappa shape index (κ2) is 5.71. The van der Waals surface area contributed by atoms with Crippen LogP contribution in [0.5, 0.6) is 5.75 Å². The molecule has 3 nitrogen and oxygen atoms in total. The van der Waals surface area contributed by atoms with Crippen molar-refractivity contribution in [3.05, 3.63) is 53.9 Å². The first-order valence-electron chi connectivity index (χ1n) is 8.25. The van der Waals surface area contributed by atoms with Crippen LogP contribution >= 0.6 is 11.3 Å². The van der Waals surface area contributed by atoms with Crippen LogP contribution in [0.2, 0.25) is 0 Å². The average molecular weight is 336 g/mol. The summed E-state index contributed by atoms with van der Waals surface area (Å²) < 4.78 is 0. The number of hydrogen-bond acceptors (Lipinski definition) is 4. The molecule has 0 unspecified atom stereocenters. The fourth-order valence-corrected chi connectivity index (χ4v) is 4.11. The Kier molecular flexibility index (Phi) is 3.65. The Labute approximate surface area is 146 Å². The van der Waals surface area contributed by atoms with Crippen LogP contribution in [0, 0.1) is 5.41 Å². The lowest BCUT2D eigenvalue weighted by molar-refractivity contribution is 0.311. The maximum Gasteiger partial charge on any atom is 0.142 e. The van der Waals surface area contributed by atoms with E-state index in [0.29, 0.717) is 5.41 Å². The van der Waals surface area contributed by atoms with Gasteiger partial charge in [0, 0.05) is 11.9 Å². The maximum atomic E-state index is 9.65. The highest BCUT2D eigenvalue weighted by Crippen LogP contribution is 2.36. The Hall–Kier alpha value is -2.20. The number of thiazole rings is 1. The van der Waals surface area contributed by atoms with Crippen LogP contribution in [0.15, 0.2) is 42.6 Å². The van der Waals surface area contributed by atoms with Crippen LogP contribution in [-0.4, -0.2) is 15.1 Å². The third-order valence-electron chi connectivity index (χ3n) is 4.64. The van der Waals surface area contributed by atoms with E-state index in [1.807, 2.05) is 18.3 Å². The third kappa shape index (κ3) is 2.94. The van der Waals surface area contributed by atoms with Crippen molar-refractivity contribution in [1.29, 1.82) is 0 Å². The number of fused-ring (bicyclic) bond motifs is 1. The standard InChI is InChI=1S/C20H20N2OS/c1-20(2)9-8-13-6-7-16(22-17(13)11-20)19-21-12-18(24-19)14-4-3-5-15(23)10-14/h3-7,10,12,23H,8-9,11H2,1-2H3. The van der Waals surface area contributed by atoms with Crippen molar-refractivity contribution in [2.75, 3.05) is 0 Å². The normalized spacial score (nSPS) is 15.9. The molecule has 1 aromatic carbocycles. The average Bonchev–Trinajstić information content (AvgIpc) is 3.03. The molecule has 0 fully saturated rings. The SMILES string of the molecule is CC1(C)CCc2ccc(-c3ncc(-c4cccc(O)c4)s3)nc2C1. The van der Waals surface area contributed by atoms with E-state index in [1.54, 1.807) is 23.5 Å². The van der Waals surface area contributed by atoms with Crippen molar-refractivity contribution in [2.45, 2.75) is 33.1 Å². The van der Waals surface area contributed by atoms with Gasteiger partial charge in [-0.1, -0.05) is 32.0 Å². The molecule has 1 aliphatic rings. The van der Waals surface area contributed by atoms with E-state index < -0.39 is 0 Å². The zero-order valence-corrected chi connectivity index (χ0v) is 14.7. The van der Waals surface area contributed by atoms with Gasteiger partial charge in [0.25, 0.3) is 0 Å². The number of rotatable bonds is 2. The molecule has 1 N–H and O–H groups in total. The number of phenolic OH excluding ortho intramolecular Hbond substituents is 1. The van der Waals surface area contributed by atoms with E-state index >= 15 is 0 Å². The van der Waals surface area contributed by atoms with Gasteiger partial charge in [-0.15, -0.1) is 11.3 Å². The number of phenols is 1. The van der Waals surface area contributed by atoms with Crippen molar-refractivity contribution in [1.82, 2.24) is 9.97 Å². The van der Waals surface area contributed by atoms with Crippen LogP contribution in [0.3, 0.4) is 0 Å². The summed E-state index contributed by atoms with van der Waals surface area (Å²) in [4.78, 5) is 10.5. The fourth-order valence-electron chi connectivity index (χ4n) is 3.23. The van der Waals surface area contributed by atoms with Crippen molar-refractivity contribution < 1.29 is 5.11 Å². The van der Waals surface area contributed by atoms with E-state index in [1.165, 1.54) is 17.7 Å². The van der Waals surface area contributed by atoms with E-state index in [4.69, 9.17) is 4.98 Å². The molecule has 3 aromatic rings. The first kappa shape index (κ1) is 15.3. The largest absolute Gasteiger partial charge is 0.508 e. The molecule has 0 aliphatic heterocycles. The van der Waals surface area contributed by atoms with E-state index in [-0.39, 0.29) is 5.75 Å². The minimum absolute atomic E-state index is 0.275. The number of nitrogens with zero attached hydrogens (tertiary/aromatic N) is 2. The number of aromatic nitrogens is 2. The van der Waals surface area contributed by atoms with E-state index in [0.717, 1.165) is 34.0 Å². The minimum atomic E-state index is 0.275. The molecule has 1 aliphatic carbocycles. The highest BCUT2D eigenvalue weighted by molar-refractivity contribution is 7.18. The summed E-state index contributed by atoms with van der Waals surface area (Å²) in [5.41, 5.74) is 4.86. The monoisotopic (exact) mass is 336 g/mol. The second-order valence-electron chi connectivity index (χ2n) is 7.22. The Bertz CT molecular complexity index is 898. The van der Waals surface area contributed by atoms with Gasteiger partial charge in [0.15, 0.2) is 0 Å². The first-order valence-corrected chi connectivity index (χ1v) is 9.06. The summed E-state index contributed by atoms with van der Waals surface area (Å²) in [6, 6.07) is 11.6. The molecule has 4 heteroatoms. The number of hydrogen-bond donors (Lipinski definition) is 1. The quantitative estimate of drug-likeness (QED) is 0.709. The Morgan fingerprint density at radius 3 is 2.88 bits per heavy atom. The van der Waals surface area contributed by atoms with Gasteiger partial charge in [-0.25, -0.2) is 4.98 Å². The zero-order chi connectivity index (χ0) is 16.7. The van der Waals surface area contributed by atoms with Crippen LogP contribution in [0.25, 0.3) is 21.1 Å². The highest BCUT2D eigenvalue weighted by atomic mass is 32.1. The smallest absolute Gasteiger partial charge is 0.142 e. The molecule has 4 rings (SSSR count). The lowest BCUT2D eigenvalue weighted by Gasteiger charge is -2.30. The molecule has 0 radical (unpaired) electrons. The molecule has 2 heterocycles. The predicted octanol–water partition coefficient (Wildman–Crippen LogP) is 5.09. The molecule has 0 bridgehead atoms. The molecule has 0 saturated carbocycles. The van der Waals surface area contributed by atoms with Gasteiger partial charge in [-0.2, -0.15) is 0 Å². The molecule has 0 spiro atoms. The summed E-state index contributed by atoms with van der Waals surface area (Å²) in [6.45, 7) is 4.63. The van der Waals surface area contributed by atoms with Crippen LogP contribution in [0.1, 0.15) is 31.5 Å². The summed E-state index contributed by atoms with van der Waals surface area (Å²) in [6.07, 6.45) is 5.22. The van der Waals surface area contributed by atoms with Gasteiger partial charge < -0.3 is 5.11 Å². The van der Waals surface area contributed by atoms with Gasteiger partial charge in [0.05, 0.1) is 10.6 Å². The minimum Gasteiger partial charge on any atom is -0.508 e. The van der Waals surface area contributed by atoms with Crippen LogP contribution in [0.4, 0.5) is 0 Å². The van der Waals surface area contributed by atoms with Gasteiger partial charge in [0.1, 0.15) is 10.8 Å².